The van der Waals surface area contributed by atoms with Crippen LogP contribution >= 0.6 is 11.3 Å². The van der Waals surface area contributed by atoms with Crippen LogP contribution in [0.1, 0.15) is 20.1 Å². The number of rotatable bonds is 4. The molecular formula is C13H9NO4S. The molecule has 0 unspecified atom stereocenters. The lowest BCUT2D eigenvalue weighted by Gasteiger charge is -1.91. The molecule has 0 aliphatic carbocycles. The van der Waals surface area contributed by atoms with Gasteiger partial charge in [0.15, 0.2) is 0 Å². The van der Waals surface area contributed by atoms with E-state index in [1.165, 1.54) is 0 Å². The molecule has 6 heteroatoms. The number of thiophene rings is 1. The van der Waals surface area contributed by atoms with E-state index in [1.807, 2.05) is 30.3 Å². The van der Waals surface area contributed by atoms with E-state index in [0.29, 0.717) is 4.88 Å². The Hall–Kier alpha value is -2.47. The molecule has 5 nitrogen and oxygen atoms in total. The first-order valence-electron chi connectivity index (χ1n) is 5.32. The van der Waals surface area contributed by atoms with Crippen molar-refractivity contribution in [2.24, 2.45) is 0 Å². The number of nitrogens with zero attached hydrogens (tertiary/aromatic N) is 1. The maximum absolute atomic E-state index is 10.9. The van der Waals surface area contributed by atoms with Crippen molar-refractivity contribution in [3.05, 3.63) is 61.8 Å². The van der Waals surface area contributed by atoms with Crippen molar-refractivity contribution in [1.29, 1.82) is 0 Å². The summed E-state index contributed by atoms with van der Waals surface area (Å²) in [7, 11) is 0. The molecular weight excluding hydrogens is 266 g/mol. The van der Waals surface area contributed by atoms with E-state index < -0.39 is 10.9 Å². The summed E-state index contributed by atoms with van der Waals surface area (Å²) in [6.45, 7) is 0. The van der Waals surface area contributed by atoms with Crippen molar-refractivity contribution >= 4 is 35.1 Å². The SMILES string of the molecule is O=C(O)c1cc([N+](=O)[O-])c(/C=C/c2ccccc2)s1. The van der Waals surface area contributed by atoms with Gasteiger partial charge in [0.05, 0.1) is 4.92 Å². The quantitative estimate of drug-likeness (QED) is 0.683. The van der Waals surface area contributed by atoms with Crippen molar-refractivity contribution < 1.29 is 14.8 Å². The van der Waals surface area contributed by atoms with E-state index in [0.717, 1.165) is 23.0 Å². The van der Waals surface area contributed by atoms with Gasteiger partial charge in [0, 0.05) is 6.07 Å². The van der Waals surface area contributed by atoms with Crippen LogP contribution in [0, 0.1) is 10.1 Å². The fourth-order valence-electron chi connectivity index (χ4n) is 1.50. The first-order valence-corrected chi connectivity index (χ1v) is 6.14. The van der Waals surface area contributed by atoms with Gasteiger partial charge in [0.25, 0.3) is 5.69 Å². The zero-order valence-electron chi connectivity index (χ0n) is 9.65. The highest BCUT2D eigenvalue weighted by Gasteiger charge is 2.20. The number of hydrogen-bond donors (Lipinski definition) is 1. The molecule has 2 aromatic rings. The fraction of sp³-hybridized carbons (Fsp3) is 0. The minimum Gasteiger partial charge on any atom is -0.477 e. The Kier molecular flexibility index (Phi) is 3.72. The number of benzene rings is 1. The Balaban J connectivity index is 2.36. The van der Waals surface area contributed by atoms with Crippen LogP contribution in [0.25, 0.3) is 12.2 Å². The molecule has 19 heavy (non-hydrogen) atoms. The van der Waals surface area contributed by atoms with Gasteiger partial charge in [-0.1, -0.05) is 36.4 Å². The Labute approximate surface area is 112 Å². The number of carboxylic acids is 1. The van der Waals surface area contributed by atoms with Crippen molar-refractivity contribution in [3.8, 4) is 0 Å². The van der Waals surface area contributed by atoms with E-state index in [4.69, 9.17) is 5.11 Å². The van der Waals surface area contributed by atoms with Crippen LogP contribution in [0.2, 0.25) is 0 Å². The van der Waals surface area contributed by atoms with Crippen molar-refractivity contribution in [1.82, 2.24) is 0 Å². The molecule has 0 radical (unpaired) electrons. The predicted octanol–water partition coefficient (Wildman–Crippen LogP) is 3.52. The van der Waals surface area contributed by atoms with Gasteiger partial charge in [0.2, 0.25) is 0 Å². The third-order valence-corrected chi connectivity index (χ3v) is 3.45. The van der Waals surface area contributed by atoms with Crippen LogP contribution in [-0.4, -0.2) is 16.0 Å². The van der Waals surface area contributed by atoms with Crippen LogP contribution < -0.4 is 0 Å². The van der Waals surface area contributed by atoms with Crippen LogP contribution in [-0.2, 0) is 0 Å². The smallest absolute Gasteiger partial charge is 0.346 e. The average molecular weight is 275 g/mol. The Morgan fingerprint density at radius 3 is 2.53 bits per heavy atom. The zero-order valence-corrected chi connectivity index (χ0v) is 10.5. The zero-order chi connectivity index (χ0) is 13.8. The third kappa shape index (κ3) is 3.05. The highest BCUT2D eigenvalue weighted by atomic mass is 32.1. The maximum Gasteiger partial charge on any atom is 0.346 e. The van der Waals surface area contributed by atoms with Crippen molar-refractivity contribution in [2.45, 2.75) is 0 Å². The van der Waals surface area contributed by atoms with Gasteiger partial charge >= 0.3 is 5.97 Å². The van der Waals surface area contributed by atoms with Crippen LogP contribution in [0.4, 0.5) is 5.69 Å². The molecule has 2 rings (SSSR count). The molecule has 1 heterocycles. The highest BCUT2D eigenvalue weighted by Crippen LogP contribution is 2.30. The predicted molar refractivity (Wildman–Crippen MR) is 73.3 cm³/mol. The largest absolute Gasteiger partial charge is 0.477 e. The molecule has 0 atom stereocenters. The Bertz CT molecular complexity index is 646. The molecule has 0 aliphatic rings. The summed E-state index contributed by atoms with van der Waals surface area (Å²) in [5, 5.41) is 19.7. The van der Waals surface area contributed by atoms with Gasteiger partial charge in [-0.2, -0.15) is 0 Å². The molecule has 0 amide bonds. The summed E-state index contributed by atoms with van der Waals surface area (Å²) < 4.78 is 0. The summed E-state index contributed by atoms with van der Waals surface area (Å²) in [6.07, 6.45) is 3.27. The second kappa shape index (κ2) is 5.45. The maximum atomic E-state index is 10.9. The van der Waals surface area contributed by atoms with E-state index >= 15 is 0 Å². The second-order valence-electron chi connectivity index (χ2n) is 3.67. The minimum atomic E-state index is -1.16. The summed E-state index contributed by atoms with van der Waals surface area (Å²) in [6, 6.07) is 10.4. The van der Waals surface area contributed by atoms with E-state index in [-0.39, 0.29) is 10.6 Å². The van der Waals surface area contributed by atoms with Gasteiger partial charge in [-0.3, -0.25) is 10.1 Å². The van der Waals surface area contributed by atoms with E-state index in [1.54, 1.807) is 12.2 Å². The highest BCUT2D eigenvalue weighted by molar-refractivity contribution is 7.15. The molecule has 0 saturated carbocycles. The first-order chi connectivity index (χ1) is 9.08. The molecule has 0 bridgehead atoms. The molecule has 1 aromatic heterocycles. The number of carbonyl (C=O) groups is 1. The van der Waals surface area contributed by atoms with E-state index in [2.05, 4.69) is 0 Å². The van der Waals surface area contributed by atoms with Gasteiger partial charge in [-0.25, -0.2) is 4.79 Å². The van der Waals surface area contributed by atoms with Gasteiger partial charge in [-0.05, 0) is 11.6 Å². The van der Waals surface area contributed by atoms with Crippen LogP contribution in [0.15, 0.2) is 36.4 Å². The minimum absolute atomic E-state index is 0.0422. The summed E-state index contributed by atoms with van der Waals surface area (Å²) in [5.74, 6) is -1.16. The van der Waals surface area contributed by atoms with Gasteiger partial charge in [-0.15, -0.1) is 11.3 Å². The standard InChI is InChI=1S/C13H9NO4S/c15-13(16)12-8-10(14(17)18)11(19-12)7-6-9-4-2-1-3-5-9/h1-8H,(H,15,16)/b7-6+. The van der Waals surface area contributed by atoms with Gasteiger partial charge in [0.1, 0.15) is 9.75 Å². The number of hydrogen-bond acceptors (Lipinski definition) is 4. The Morgan fingerprint density at radius 1 is 1.26 bits per heavy atom. The number of aromatic carboxylic acids is 1. The molecule has 0 fully saturated rings. The second-order valence-corrected chi connectivity index (χ2v) is 4.75. The molecule has 1 aromatic carbocycles. The van der Waals surface area contributed by atoms with Crippen LogP contribution in [0.5, 0.6) is 0 Å². The van der Waals surface area contributed by atoms with E-state index in [9.17, 15) is 14.9 Å². The number of nitro groups is 1. The van der Waals surface area contributed by atoms with Crippen molar-refractivity contribution in [3.63, 3.8) is 0 Å². The fourth-order valence-corrected chi connectivity index (χ4v) is 2.37. The Morgan fingerprint density at radius 2 is 1.95 bits per heavy atom. The van der Waals surface area contributed by atoms with Gasteiger partial charge < -0.3 is 5.11 Å². The average Bonchev–Trinajstić information content (AvgIpc) is 2.82. The molecule has 96 valence electrons. The summed E-state index contributed by atoms with van der Waals surface area (Å²) in [5.41, 5.74) is 0.705. The number of carboxylic acid groups (broad SMARTS) is 1. The normalized spacial score (nSPS) is 10.7. The molecule has 1 N–H and O–H groups in total. The van der Waals surface area contributed by atoms with Crippen LogP contribution in [0.3, 0.4) is 0 Å². The lowest BCUT2D eigenvalue weighted by atomic mass is 10.2. The molecule has 0 spiro atoms. The first kappa shape index (κ1) is 13.0. The lowest BCUT2D eigenvalue weighted by molar-refractivity contribution is -0.384. The monoisotopic (exact) mass is 275 g/mol. The lowest BCUT2D eigenvalue weighted by Crippen LogP contribution is -1.91. The van der Waals surface area contributed by atoms with Crippen molar-refractivity contribution in [2.75, 3.05) is 0 Å². The summed E-state index contributed by atoms with van der Waals surface area (Å²) >= 11 is 0.887. The topological polar surface area (TPSA) is 80.4 Å². The summed E-state index contributed by atoms with van der Waals surface area (Å²) in [4.78, 5) is 21.4. The molecule has 0 saturated heterocycles. The third-order valence-electron chi connectivity index (χ3n) is 2.37. The molecule has 0 aliphatic heterocycles.